The minimum Gasteiger partial charge on any atom is -0.383 e. The molecule has 0 saturated heterocycles. The van der Waals surface area contributed by atoms with Gasteiger partial charge in [0.05, 0.1) is 16.3 Å². The summed E-state index contributed by atoms with van der Waals surface area (Å²) < 4.78 is 41.7. The molecule has 0 amide bonds. The topological polar surface area (TPSA) is 43.8 Å². The van der Waals surface area contributed by atoms with E-state index in [1.807, 2.05) is 13.0 Å². The summed E-state index contributed by atoms with van der Waals surface area (Å²) >= 11 is 11.9. The van der Waals surface area contributed by atoms with Gasteiger partial charge < -0.3 is 5.73 Å². The molecule has 0 spiro atoms. The van der Waals surface area contributed by atoms with Crippen LogP contribution < -0.4 is 5.73 Å². The van der Waals surface area contributed by atoms with Gasteiger partial charge in [0.2, 0.25) is 0 Å². The second-order valence-electron chi connectivity index (χ2n) is 5.48. The third-order valence-electron chi connectivity index (χ3n) is 3.64. The van der Waals surface area contributed by atoms with Gasteiger partial charge in [-0.05, 0) is 36.8 Å². The van der Waals surface area contributed by atoms with Crippen molar-refractivity contribution in [3.63, 3.8) is 0 Å². The lowest BCUT2D eigenvalue weighted by atomic mass is 10.0. The van der Waals surface area contributed by atoms with Crippen molar-refractivity contribution in [1.29, 1.82) is 0 Å². The predicted molar refractivity (Wildman–Crippen MR) is 93.2 cm³/mol. The molecule has 2 aromatic carbocycles. The van der Waals surface area contributed by atoms with Gasteiger partial charge in [0, 0.05) is 10.6 Å². The van der Waals surface area contributed by atoms with Crippen LogP contribution >= 0.6 is 23.2 Å². The minimum atomic E-state index is -4.69. The Morgan fingerprint density at radius 1 is 1.08 bits per heavy atom. The van der Waals surface area contributed by atoms with Gasteiger partial charge >= 0.3 is 6.18 Å². The van der Waals surface area contributed by atoms with Crippen LogP contribution in [0.25, 0.3) is 16.8 Å². The van der Waals surface area contributed by atoms with Crippen LogP contribution in [0.2, 0.25) is 10.0 Å². The van der Waals surface area contributed by atoms with E-state index in [4.69, 9.17) is 28.9 Å². The molecule has 0 radical (unpaired) electrons. The van der Waals surface area contributed by atoms with Gasteiger partial charge in [0.15, 0.2) is 5.69 Å². The van der Waals surface area contributed by atoms with E-state index >= 15 is 0 Å². The number of benzene rings is 2. The lowest BCUT2D eigenvalue weighted by Gasteiger charge is -2.09. The molecule has 0 bridgehead atoms. The van der Waals surface area contributed by atoms with Crippen LogP contribution in [0.15, 0.2) is 42.5 Å². The summed E-state index contributed by atoms with van der Waals surface area (Å²) in [6, 6.07) is 11.1. The first-order valence-corrected chi connectivity index (χ1v) is 7.92. The fourth-order valence-electron chi connectivity index (χ4n) is 2.54. The van der Waals surface area contributed by atoms with E-state index < -0.39 is 11.9 Å². The zero-order chi connectivity index (χ0) is 18.4. The summed E-state index contributed by atoms with van der Waals surface area (Å²) in [7, 11) is 0. The molecule has 130 valence electrons. The second kappa shape index (κ2) is 6.28. The Morgan fingerprint density at radius 3 is 2.40 bits per heavy atom. The van der Waals surface area contributed by atoms with E-state index in [0.29, 0.717) is 10.7 Å². The average molecular weight is 386 g/mol. The maximum Gasteiger partial charge on any atom is 0.435 e. The molecule has 0 aliphatic rings. The van der Waals surface area contributed by atoms with Gasteiger partial charge in [0.1, 0.15) is 5.82 Å². The Labute approximate surface area is 151 Å². The first kappa shape index (κ1) is 17.6. The van der Waals surface area contributed by atoms with Crippen LogP contribution in [0.1, 0.15) is 11.3 Å². The molecule has 25 heavy (non-hydrogen) atoms. The van der Waals surface area contributed by atoms with Gasteiger partial charge in [-0.15, -0.1) is 0 Å². The van der Waals surface area contributed by atoms with Gasteiger partial charge in [-0.1, -0.05) is 41.4 Å². The number of nitrogen functional groups attached to an aromatic ring is 1. The van der Waals surface area contributed by atoms with Crippen LogP contribution in [-0.2, 0) is 6.18 Å². The van der Waals surface area contributed by atoms with E-state index in [2.05, 4.69) is 5.10 Å². The van der Waals surface area contributed by atoms with E-state index in [0.717, 1.165) is 10.2 Å². The Morgan fingerprint density at radius 2 is 1.80 bits per heavy atom. The number of hydrogen-bond acceptors (Lipinski definition) is 2. The molecular formula is C17H12Cl2F3N3. The molecule has 0 atom stereocenters. The van der Waals surface area contributed by atoms with Crippen LogP contribution in [0, 0.1) is 6.92 Å². The quantitative estimate of drug-likeness (QED) is 0.609. The van der Waals surface area contributed by atoms with Crippen molar-refractivity contribution in [2.24, 2.45) is 0 Å². The molecule has 0 aliphatic carbocycles. The number of halogens is 5. The van der Waals surface area contributed by atoms with E-state index in [9.17, 15) is 13.2 Å². The Balaban J connectivity index is 2.31. The van der Waals surface area contributed by atoms with Gasteiger partial charge in [0.25, 0.3) is 0 Å². The highest BCUT2D eigenvalue weighted by atomic mass is 35.5. The predicted octanol–water partition coefficient (Wildman–Crippen LogP) is 5.76. The molecule has 1 aromatic heterocycles. The first-order chi connectivity index (χ1) is 11.7. The van der Waals surface area contributed by atoms with Crippen molar-refractivity contribution in [3.05, 3.63) is 63.8 Å². The molecule has 0 fully saturated rings. The van der Waals surface area contributed by atoms with Crippen LogP contribution in [-0.4, -0.2) is 9.78 Å². The van der Waals surface area contributed by atoms with E-state index in [1.54, 1.807) is 18.2 Å². The smallest absolute Gasteiger partial charge is 0.383 e. The lowest BCUT2D eigenvalue weighted by Crippen LogP contribution is -2.08. The van der Waals surface area contributed by atoms with Gasteiger partial charge in [-0.25, -0.2) is 4.68 Å². The largest absolute Gasteiger partial charge is 0.435 e. The van der Waals surface area contributed by atoms with Gasteiger partial charge in [-0.3, -0.25) is 0 Å². The highest BCUT2D eigenvalue weighted by Crippen LogP contribution is 2.43. The molecule has 3 nitrogen and oxygen atoms in total. The summed E-state index contributed by atoms with van der Waals surface area (Å²) in [5, 5.41) is 4.08. The molecule has 2 N–H and O–H groups in total. The van der Waals surface area contributed by atoms with Crippen molar-refractivity contribution in [2.45, 2.75) is 13.1 Å². The summed E-state index contributed by atoms with van der Waals surface area (Å²) in [4.78, 5) is 0. The standard InChI is InChI=1S/C17H12Cl2F3N3/c1-9-3-2-4-11(7-9)25-16(23)14(15(24-25)17(20,21)22)12-6-5-10(18)8-13(12)19/h2-8H,23H2,1H3. The lowest BCUT2D eigenvalue weighted by molar-refractivity contribution is -0.140. The monoisotopic (exact) mass is 385 g/mol. The molecule has 3 rings (SSSR count). The third-order valence-corrected chi connectivity index (χ3v) is 4.18. The SMILES string of the molecule is Cc1cccc(-n2nc(C(F)(F)F)c(-c3ccc(Cl)cc3Cl)c2N)c1. The number of nitrogens with zero attached hydrogens (tertiary/aromatic N) is 2. The first-order valence-electron chi connectivity index (χ1n) is 7.16. The van der Waals surface area contributed by atoms with Crippen molar-refractivity contribution < 1.29 is 13.2 Å². The minimum absolute atomic E-state index is 0.0634. The fraction of sp³-hybridized carbons (Fsp3) is 0.118. The van der Waals surface area contributed by atoms with E-state index in [-0.39, 0.29) is 22.0 Å². The number of alkyl halides is 3. The molecule has 3 aromatic rings. The highest BCUT2D eigenvalue weighted by molar-refractivity contribution is 6.36. The normalized spacial score (nSPS) is 11.8. The molecule has 0 unspecified atom stereocenters. The Bertz CT molecular complexity index is 949. The molecular weight excluding hydrogens is 374 g/mol. The van der Waals surface area contributed by atoms with Crippen molar-refractivity contribution in [1.82, 2.24) is 9.78 Å². The number of aryl methyl sites for hydroxylation is 1. The summed E-state index contributed by atoms with van der Waals surface area (Å²) in [5.74, 6) is -0.151. The van der Waals surface area contributed by atoms with Crippen molar-refractivity contribution >= 4 is 29.0 Å². The maximum atomic E-state index is 13.5. The summed E-state index contributed by atoms with van der Waals surface area (Å²) in [6.45, 7) is 1.82. The second-order valence-corrected chi connectivity index (χ2v) is 6.33. The number of hydrogen-bond donors (Lipinski definition) is 1. The number of nitrogens with two attached hydrogens (primary N) is 1. The molecule has 1 heterocycles. The van der Waals surface area contributed by atoms with Crippen molar-refractivity contribution in [3.8, 4) is 16.8 Å². The zero-order valence-electron chi connectivity index (χ0n) is 12.9. The Kier molecular flexibility index (Phi) is 4.43. The van der Waals surface area contributed by atoms with Crippen LogP contribution in [0.3, 0.4) is 0 Å². The number of aromatic nitrogens is 2. The average Bonchev–Trinajstić information content (AvgIpc) is 2.85. The van der Waals surface area contributed by atoms with E-state index in [1.165, 1.54) is 18.2 Å². The fourth-order valence-corrected chi connectivity index (χ4v) is 3.05. The van der Waals surface area contributed by atoms with Crippen LogP contribution in [0.5, 0.6) is 0 Å². The molecule has 0 aliphatic heterocycles. The molecule has 8 heteroatoms. The zero-order valence-corrected chi connectivity index (χ0v) is 14.4. The Hall–Kier alpha value is -2.18. The number of rotatable bonds is 2. The van der Waals surface area contributed by atoms with Gasteiger partial charge in [-0.2, -0.15) is 18.3 Å². The number of anilines is 1. The molecule has 0 saturated carbocycles. The third kappa shape index (κ3) is 3.32. The van der Waals surface area contributed by atoms with Crippen LogP contribution in [0.4, 0.5) is 19.0 Å². The summed E-state index contributed by atoms with van der Waals surface area (Å²) in [6.07, 6.45) is -4.69. The van der Waals surface area contributed by atoms with Crippen molar-refractivity contribution in [2.75, 3.05) is 5.73 Å². The highest BCUT2D eigenvalue weighted by Gasteiger charge is 2.40. The maximum absolute atomic E-state index is 13.5. The summed E-state index contributed by atoms with van der Waals surface area (Å²) in [5.41, 5.74) is 6.08.